The summed E-state index contributed by atoms with van der Waals surface area (Å²) in [5.74, 6) is 0.743. The first-order valence-corrected chi connectivity index (χ1v) is 9.37. The Hall–Kier alpha value is -2.54. The van der Waals surface area contributed by atoms with Crippen molar-refractivity contribution in [3.05, 3.63) is 45.6 Å². The van der Waals surface area contributed by atoms with Gasteiger partial charge in [0.15, 0.2) is 18.1 Å². The van der Waals surface area contributed by atoms with Crippen LogP contribution in [0.2, 0.25) is 0 Å². The fourth-order valence-corrected chi connectivity index (χ4v) is 3.32. The fourth-order valence-electron chi connectivity index (χ4n) is 2.41. The zero-order chi connectivity index (χ0) is 18.9. The summed E-state index contributed by atoms with van der Waals surface area (Å²) in [7, 11) is 1.54. The highest BCUT2D eigenvalue weighted by Crippen LogP contribution is 2.28. The number of rotatable bonds is 9. The summed E-state index contributed by atoms with van der Waals surface area (Å²) >= 11 is 1.45. The van der Waals surface area contributed by atoms with Crippen molar-refractivity contribution in [2.75, 3.05) is 20.3 Å². The predicted molar refractivity (Wildman–Crippen MR) is 102 cm³/mol. The SMILES string of the molecule is CCNC(=O)COc1ccc(CNC(=O)c2sccc2CC)cc1OC. The molecule has 6 nitrogen and oxygen atoms in total. The van der Waals surface area contributed by atoms with Crippen molar-refractivity contribution < 1.29 is 19.1 Å². The third-order valence-electron chi connectivity index (χ3n) is 3.75. The molecule has 1 aromatic carbocycles. The average molecular weight is 376 g/mol. The van der Waals surface area contributed by atoms with Crippen molar-refractivity contribution in [3.8, 4) is 11.5 Å². The van der Waals surface area contributed by atoms with Crippen LogP contribution >= 0.6 is 11.3 Å². The largest absolute Gasteiger partial charge is 0.493 e. The normalized spacial score (nSPS) is 10.3. The summed E-state index contributed by atoms with van der Waals surface area (Å²) in [5.41, 5.74) is 1.94. The molecule has 0 fully saturated rings. The van der Waals surface area contributed by atoms with Gasteiger partial charge in [0.2, 0.25) is 0 Å². The lowest BCUT2D eigenvalue weighted by atomic mass is 10.2. The first kappa shape index (κ1) is 19.8. The van der Waals surface area contributed by atoms with Gasteiger partial charge in [-0.05, 0) is 48.1 Å². The van der Waals surface area contributed by atoms with Crippen LogP contribution in [-0.2, 0) is 17.8 Å². The number of amides is 2. The molecular weight excluding hydrogens is 352 g/mol. The van der Waals surface area contributed by atoms with E-state index >= 15 is 0 Å². The van der Waals surface area contributed by atoms with Crippen LogP contribution in [0.3, 0.4) is 0 Å². The molecule has 26 heavy (non-hydrogen) atoms. The first-order chi connectivity index (χ1) is 12.6. The second-order valence-electron chi connectivity index (χ2n) is 5.54. The minimum absolute atomic E-state index is 0.0710. The molecule has 2 rings (SSSR count). The van der Waals surface area contributed by atoms with Gasteiger partial charge < -0.3 is 20.1 Å². The van der Waals surface area contributed by atoms with Gasteiger partial charge in [-0.1, -0.05) is 13.0 Å². The van der Waals surface area contributed by atoms with Crippen molar-refractivity contribution in [2.24, 2.45) is 0 Å². The number of likely N-dealkylation sites (N-methyl/N-ethyl adjacent to an activating group) is 1. The van der Waals surface area contributed by atoms with Crippen LogP contribution in [0.25, 0.3) is 0 Å². The van der Waals surface area contributed by atoms with Gasteiger partial charge in [0.1, 0.15) is 0 Å². The predicted octanol–water partition coefficient (Wildman–Crippen LogP) is 2.76. The Balaban J connectivity index is 1.98. The maximum absolute atomic E-state index is 12.3. The number of hydrogen-bond donors (Lipinski definition) is 2. The Bertz CT molecular complexity index is 758. The number of benzene rings is 1. The van der Waals surface area contributed by atoms with Gasteiger partial charge in [0.25, 0.3) is 11.8 Å². The molecule has 1 heterocycles. The Morgan fingerprint density at radius 2 is 1.92 bits per heavy atom. The van der Waals surface area contributed by atoms with Crippen LogP contribution in [0.4, 0.5) is 0 Å². The third-order valence-corrected chi connectivity index (χ3v) is 4.70. The Labute approximate surface area is 157 Å². The van der Waals surface area contributed by atoms with E-state index in [4.69, 9.17) is 9.47 Å². The van der Waals surface area contributed by atoms with Crippen LogP contribution in [0, 0.1) is 0 Å². The number of nitrogens with one attached hydrogen (secondary N) is 2. The number of thiophene rings is 1. The molecule has 0 spiro atoms. The molecule has 0 aliphatic carbocycles. The summed E-state index contributed by atoms with van der Waals surface area (Å²) in [6.07, 6.45) is 0.831. The molecule has 2 aromatic rings. The lowest BCUT2D eigenvalue weighted by Gasteiger charge is -2.12. The van der Waals surface area contributed by atoms with E-state index in [0.717, 1.165) is 22.4 Å². The smallest absolute Gasteiger partial charge is 0.261 e. The van der Waals surface area contributed by atoms with E-state index in [2.05, 4.69) is 10.6 Å². The molecule has 1 aromatic heterocycles. The number of carbonyl (C=O) groups excluding carboxylic acids is 2. The number of hydrogen-bond acceptors (Lipinski definition) is 5. The van der Waals surface area contributed by atoms with E-state index in [1.54, 1.807) is 12.1 Å². The van der Waals surface area contributed by atoms with E-state index in [-0.39, 0.29) is 18.4 Å². The van der Waals surface area contributed by atoms with Crippen LogP contribution in [0.1, 0.15) is 34.6 Å². The lowest BCUT2D eigenvalue weighted by molar-refractivity contribution is -0.123. The van der Waals surface area contributed by atoms with E-state index in [9.17, 15) is 9.59 Å². The molecule has 140 valence electrons. The van der Waals surface area contributed by atoms with Crippen LogP contribution in [0.5, 0.6) is 11.5 Å². The summed E-state index contributed by atoms with van der Waals surface area (Å²) in [5, 5.41) is 7.52. The Kier molecular flexibility index (Phi) is 7.47. The molecule has 0 atom stereocenters. The molecule has 2 amide bonds. The Morgan fingerprint density at radius 1 is 1.12 bits per heavy atom. The second kappa shape index (κ2) is 9.82. The molecular formula is C19H24N2O4S. The minimum atomic E-state index is -0.187. The lowest BCUT2D eigenvalue weighted by Crippen LogP contribution is -2.28. The van der Waals surface area contributed by atoms with Gasteiger partial charge in [-0.2, -0.15) is 0 Å². The summed E-state index contributed by atoms with van der Waals surface area (Å²) in [6.45, 7) is 4.75. The van der Waals surface area contributed by atoms with Gasteiger partial charge in [0.05, 0.1) is 12.0 Å². The highest BCUT2D eigenvalue weighted by molar-refractivity contribution is 7.12. The number of methoxy groups -OCH3 is 1. The standard InChI is InChI=1S/C19H24N2O4S/c1-4-14-8-9-26-18(14)19(23)21-11-13-6-7-15(16(10-13)24-3)25-12-17(22)20-5-2/h6-10H,4-5,11-12H2,1-3H3,(H,20,22)(H,21,23). The average Bonchev–Trinajstić information content (AvgIpc) is 3.13. The number of aryl methyl sites for hydroxylation is 1. The first-order valence-electron chi connectivity index (χ1n) is 8.50. The molecule has 0 saturated heterocycles. The second-order valence-corrected chi connectivity index (χ2v) is 6.45. The maximum atomic E-state index is 12.3. The van der Waals surface area contributed by atoms with Crippen molar-refractivity contribution in [2.45, 2.75) is 26.8 Å². The van der Waals surface area contributed by atoms with E-state index < -0.39 is 0 Å². The zero-order valence-corrected chi connectivity index (χ0v) is 16.1. The van der Waals surface area contributed by atoms with Crippen molar-refractivity contribution >= 4 is 23.2 Å². The summed E-state index contributed by atoms with van der Waals surface area (Å²) in [6, 6.07) is 7.35. The van der Waals surface area contributed by atoms with E-state index in [0.29, 0.717) is 24.6 Å². The molecule has 0 unspecified atom stereocenters. The highest BCUT2D eigenvalue weighted by Gasteiger charge is 2.13. The van der Waals surface area contributed by atoms with E-state index in [1.165, 1.54) is 18.4 Å². The molecule has 2 N–H and O–H groups in total. The number of ether oxygens (including phenoxy) is 2. The summed E-state index contributed by atoms with van der Waals surface area (Å²) < 4.78 is 10.8. The van der Waals surface area contributed by atoms with Crippen LogP contribution < -0.4 is 20.1 Å². The number of carbonyl (C=O) groups is 2. The molecule has 0 radical (unpaired) electrons. The third kappa shape index (κ3) is 5.23. The van der Waals surface area contributed by atoms with Gasteiger partial charge in [-0.25, -0.2) is 0 Å². The van der Waals surface area contributed by atoms with Crippen molar-refractivity contribution in [1.82, 2.24) is 10.6 Å². The summed E-state index contributed by atoms with van der Waals surface area (Å²) in [4.78, 5) is 24.6. The van der Waals surface area contributed by atoms with Crippen LogP contribution in [-0.4, -0.2) is 32.1 Å². The minimum Gasteiger partial charge on any atom is -0.493 e. The maximum Gasteiger partial charge on any atom is 0.261 e. The van der Waals surface area contributed by atoms with Crippen molar-refractivity contribution in [3.63, 3.8) is 0 Å². The zero-order valence-electron chi connectivity index (χ0n) is 15.3. The molecule has 0 bridgehead atoms. The highest BCUT2D eigenvalue weighted by atomic mass is 32.1. The monoisotopic (exact) mass is 376 g/mol. The van der Waals surface area contributed by atoms with Crippen molar-refractivity contribution in [1.29, 1.82) is 0 Å². The molecule has 7 heteroatoms. The molecule has 0 aliphatic heterocycles. The quantitative estimate of drug-likeness (QED) is 0.706. The van der Waals surface area contributed by atoms with Gasteiger partial charge >= 0.3 is 0 Å². The van der Waals surface area contributed by atoms with Gasteiger partial charge in [-0.15, -0.1) is 11.3 Å². The van der Waals surface area contributed by atoms with Gasteiger partial charge in [-0.3, -0.25) is 9.59 Å². The van der Waals surface area contributed by atoms with Gasteiger partial charge in [0, 0.05) is 13.1 Å². The van der Waals surface area contributed by atoms with Crippen LogP contribution in [0.15, 0.2) is 29.6 Å². The fraction of sp³-hybridized carbons (Fsp3) is 0.368. The molecule has 0 saturated carbocycles. The topological polar surface area (TPSA) is 76.7 Å². The van der Waals surface area contributed by atoms with E-state index in [1.807, 2.05) is 31.4 Å². The molecule has 0 aliphatic rings. The Morgan fingerprint density at radius 3 is 2.62 bits per heavy atom.